The van der Waals surface area contributed by atoms with Gasteiger partial charge in [0.25, 0.3) is 6.43 Å². The summed E-state index contributed by atoms with van der Waals surface area (Å²) in [6, 6.07) is 6.86. The van der Waals surface area contributed by atoms with E-state index < -0.39 is 23.8 Å². The van der Waals surface area contributed by atoms with E-state index in [9.17, 15) is 13.2 Å². The van der Waals surface area contributed by atoms with Gasteiger partial charge in [0.2, 0.25) is 0 Å². The van der Waals surface area contributed by atoms with Crippen LogP contribution in [-0.4, -0.2) is 9.97 Å². The van der Waals surface area contributed by atoms with Crippen molar-refractivity contribution in [1.29, 1.82) is 0 Å². The number of pyridine rings is 2. The molecule has 25 heavy (non-hydrogen) atoms. The van der Waals surface area contributed by atoms with Crippen molar-refractivity contribution in [1.82, 2.24) is 9.97 Å². The zero-order valence-electron chi connectivity index (χ0n) is 13.5. The van der Waals surface area contributed by atoms with Crippen molar-refractivity contribution in [3.63, 3.8) is 0 Å². The number of rotatable bonds is 4. The van der Waals surface area contributed by atoms with Crippen LogP contribution in [-0.2, 0) is 0 Å². The van der Waals surface area contributed by atoms with E-state index in [0.29, 0.717) is 22.1 Å². The van der Waals surface area contributed by atoms with Gasteiger partial charge in [0.05, 0.1) is 22.8 Å². The highest BCUT2D eigenvalue weighted by Crippen LogP contribution is 2.31. The molecule has 0 bridgehead atoms. The van der Waals surface area contributed by atoms with Crippen LogP contribution in [0.15, 0.2) is 36.5 Å². The smallest absolute Gasteiger partial charge is 0.266 e. The summed E-state index contributed by atoms with van der Waals surface area (Å²) in [5, 5.41) is 4.20. The van der Waals surface area contributed by atoms with Crippen molar-refractivity contribution in [2.45, 2.75) is 26.3 Å². The maximum Gasteiger partial charge on any atom is 0.266 e. The van der Waals surface area contributed by atoms with Gasteiger partial charge in [-0.05, 0) is 26.0 Å². The molecule has 2 heterocycles. The standard InChI is InChI=1S/C18H15ClF3N3/c1-9(11-4-3-5-12(16(11)20)18(21)22)24-14-6-7-23-17-10(2)25-15(19)8-13(14)17/h3-9,18H,1-2H3,(H,23,24)/t9-/m1/s1. The average molecular weight is 366 g/mol. The van der Waals surface area contributed by atoms with Crippen LogP contribution in [0.4, 0.5) is 18.9 Å². The Bertz CT molecular complexity index is 931. The zero-order chi connectivity index (χ0) is 18.1. The summed E-state index contributed by atoms with van der Waals surface area (Å²) >= 11 is 6.02. The largest absolute Gasteiger partial charge is 0.378 e. The highest BCUT2D eigenvalue weighted by Gasteiger charge is 2.20. The second-order valence-corrected chi connectivity index (χ2v) is 6.09. The third-order valence-corrected chi connectivity index (χ3v) is 4.20. The lowest BCUT2D eigenvalue weighted by Crippen LogP contribution is -2.11. The quantitative estimate of drug-likeness (QED) is 0.590. The number of alkyl halides is 2. The molecule has 2 aromatic heterocycles. The lowest BCUT2D eigenvalue weighted by Gasteiger charge is -2.19. The lowest BCUT2D eigenvalue weighted by molar-refractivity contribution is 0.146. The molecule has 1 aromatic carbocycles. The van der Waals surface area contributed by atoms with Gasteiger partial charge in [-0.1, -0.05) is 29.8 Å². The molecule has 0 aliphatic heterocycles. The van der Waals surface area contributed by atoms with Crippen LogP contribution in [0, 0.1) is 12.7 Å². The van der Waals surface area contributed by atoms with Gasteiger partial charge in [-0.25, -0.2) is 18.2 Å². The van der Waals surface area contributed by atoms with E-state index in [-0.39, 0.29) is 5.56 Å². The molecule has 0 radical (unpaired) electrons. The predicted octanol–water partition coefficient (Wildman–Crippen LogP) is 5.84. The molecule has 3 aromatic rings. The third-order valence-electron chi connectivity index (χ3n) is 4.00. The minimum absolute atomic E-state index is 0.166. The fraction of sp³-hybridized carbons (Fsp3) is 0.222. The third kappa shape index (κ3) is 3.39. The lowest BCUT2D eigenvalue weighted by atomic mass is 10.0. The van der Waals surface area contributed by atoms with Crippen LogP contribution in [0.1, 0.15) is 36.2 Å². The van der Waals surface area contributed by atoms with Crippen LogP contribution < -0.4 is 5.32 Å². The van der Waals surface area contributed by atoms with E-state index in [1.165, 1.54) is 12.1 Å². The second kappa shape index (κ2) is 6.88. The first-order valence-electron chi connectivity index (χ1n) is 7.63. The fourth-order valence-electron chi connectivity index (χ4n) is 2.78. The number of hydrogen-bond acceptors (Lipinski definition) is 3. The van der Waals surface area contributed by atoms with Crippen LogP contribution >= 0.6 is 11.6 Å². The molecule has 3 nitrogen and oxygen atoms in total. The normalized spacial score (nSPS) is 12.6. The summed E-state index contributed by atoms with van der Waals surface area (Å²) < 4.78 is 40.2. The maximum absolute atomic E-state index is 14.4. The second-order valence-electron chi connectivity index (χ2n) is 5.70. The Hall–Kier alpha value is -2.34. The molecule has 0 unspecified atom stereocenters. The van der Waals surface area contributed by atoms with Crippen molar-refractivity contribution >= 4 is 28.2 Å². The summed E-state index contributed by atoms with van der Waals surface area (Å²) in [5.74, 6) is -0.897. The maximum atomic E-state index is 14.4. The predicted molar refractivity (Wildman–Crippen MR) is 92.7 cm³/mol. The number of halogens is 4. The number of nitrogens with one attached hydrogen (secondary N) is 1. The van der Waals surface area contributed by atoms with Crippen molar-refractivity contribution < 1.29 is 13.2 Å². The zero-order valence-corrected chi connectivity index (χ0v) is 14.3. The molecule has 0 aliphatic carbocycles. The number of aryl methyl sites for hydroxylation is 1. The van der Waals surface area contributed by atoms with Gasteiger partial charge in [0, 0.05) is 22.8 Å². The molecule has 1 N–H and O–H groups in total. The van der Waals surface area contributed by atoms with Crippen LogP contribution in [0.2, 0.25) is 5.15 Å². The Balaban J connectivity index is 2.01. The molecule has 0 spiro atoms. The van der Waals surface area contributed by atoms with Crippen LogP contribution in [0.25, 0.3) is 10.9 Å². The van der Waals surface area contributed by atoms with Gasteiger partial charge in [0.1, 0.15) is 11.0 Å². The Labute approximate surface area is 147 Å². The highest BCUT2D eigenvalue weighted by atomic mass is 35.5. The fourth-order valence-corrected chi connectivity index (χ4v) is 3.02. The summed E-state index contributed by atoms with van der Waals surface area (Å²) in [6.07, 6.45) is -1.26. The summed E-state index contributed by atoms with van der Waals surface area (Å²) in [6.45, 7) is 3.50. The van der Waals surface area contributed by atoms with E-state index in [4.69, 9.17) is 11.6 Å². The molecule has 130 valence electrons. The molecule has 3 rings (SSSR count). The average Bonchev–Trinajstić information content (AvgIpc) is 2.55. The van der Waals surface area contributed by atoms with Gasteiger partial charge in [-0.2, -0.15) is 0 Å². The van der Waals surface area contributed by atoms with Gasteiger partial charge >= 0.3 is 0 Å². The molecule has 0 aliphatic rings. The first kappa shape index (κ1) is 17.5. The first-order chi connectivity index (χ1) is 11.9. The van der Waals surface area contributed by atoms with E-state index >= 15 is 0 Å². The Morgan fingerprint density at radius 2 is 1.88 bits per heavy atom. The number of aromatic nitrogens is 2. The van der Waals surface area contributed by atoms with Gasteiger partial charge < -0.3 is 5.32 Å². The number of anilines is 1. The minimum Gasteiger partial charge on any atom is -0.378 e. The van der Waals surface area contributed by atoms with Gasteiger partial charge in [-0.15, -0.1) is 0 Å². The summed E-state index contributed by atoms with van der Waals surface area (Å²) in [7, 11) is 0. The Morgan fingerprint density at radius 3 is 2.60 bits per heavy atom. The van der Waals surface area contributed by atoms with Crippen LogP contribution in [0.3, 0.4) is 0 Å². The molecule has 0 amide bonds. The Kier molecular flexibility index (Phi) is 4.81. The van der Waals surface area contributed by atoms with Crippen molar-refractivity contribution in [2.24, 2.45) is 0 Å². The molecule has 0 saturated heterocycles. The highest BCUT2D eigenvalue weighted by molar-refractivity contribution is 6.30. The van der Waals surface area contributed by atoms with E-state index in [2.05, 4.69) is 15.3 Å². The number of hydrogen-bond donors (Lipinski definition) is 1. The van der Waals surface area contributed by atoms with Crippen molar-refractivity contribution in [3.05, 3.63) is 64.3 Å². The number of fused-ring (bicyclic) bond motifs is 1. The topological polar surface area (TPSA) is 37.8 Å². The minimum atomic E-state index is -2.86. The van der Waals surface area contributed by atoms with Gasteiger partial charge in [-0.3, -0.25) is 4.98 Å². The van der Waals surface area contributed by atoms with Crippen molar-refractivity contribution in [3.8, 4) is 0 Å². The Morgan fingerprint density at radius 1 is 1.16 bits per heavy atom. The molecular formula is C18H15ClF3N3. The molecule has 7 heteroatoms. The SMILES string of the molecule is Cc1nc(Cl)cc2c(N[C@H](C)c3cccc(C(F)F)c3F)ccnc12. The molecule has 1 atom stereocenters. The monoisotopic (exact) mass is 365 g/mol. The summed E-state index contributed by atoms with van der Waals surface area (Å²) in [5.41, 5.74) is 1.58. The van der Waals surface area contributed by atoms with Gasteiger partial charge in [0.15, 0.2) is 0 Å². The van der Waals surface area contributed by atoms with Crippen LogP contribution in [0.5, 0.6) is 0 Å². The van der Waals surface area contributed by atoms with Crippen molar-refractivity contribution in [2.75, 3.05) is 5.32 Å². The first-order valence-corrected chi connectivity index (χ1v) is 8.01. The molecular weight excluding hydrogens is 351 g/mol. The van der Waals surface area contributed by atoms with E-state index in [0.717, 1.165) is 11.5 Å². The van der Waals surface area contributed by atoms with E-state index in [1.54, 1.807) is 32.2 Å². The number of nitrogens with zero attached hydrogens (tertiary/aromatic N) is 2. The number of benzene rings is 1. The molecule has 0 saturated carbocycles. The van der Waals surface area contributed by atoms with E-state index in [1.807, 2.05) is 0 Å². The molecule has 0 fully saturated rings. The summed E-state index contributed by atoms with van der Waals surface area (Å²) in [4.78, 5) is 8.44.